The van der Waals surface area contributed by atoms with Crippen LogP contribution >= 0.6 is 0 Å². The fraction of sp³-hybridized carbons (Fsp3) is 0.350. The van der Waals surface area contributed by atoms with Crippen LogP contribution in [0.3, 0.4) is 0 Å². The van der Waals surface area contributed by atoms with E-state index in [0.717, 1.165) is 40.3 Å². The lowest BCUT2D eigenvalue weighted by Crippen LogP contribution is -2.49. The van der Waals surface area contributed by atoms with Crippen LogP contribution in [0, 0.1) is 19.8 Å². The summed E-state index contributed by atoms with van der Waals surface area (Å²) in [5.41, 5.74) is 3.30. The van der Waals surface area contributed by atoms with E-state index in [0.29, 0.717) is 25.2 Å². The number of halogens is 3. The number of rotatable bonds is 11. The number of carbonyl (C=O) groups is 2. The number of hydrogen-bond donors (Lipinski definition) is 2. The Morgan fingerprint density at radius 3 is 2.25 bits per heavy atom. The minimum Gasteiger partial charge on any atom is -0.486 e. The molecule has 1 aliphatic rings. The number of anilines is 1. The fourth-order valence-electron chi connectivity index (χ4n) is 6.18. The minimum atomic E-state index is -4.48. The zero-order valence-corrected chi connectivity index (χ0v) is 29.5. The average molecular weight is 704 g/mol. The molecule has 1 aliphatic heterocycles. The number of likely N-dealkylation sites (N-methyl/N-ethyl adjacent to an activating group) is 1. The number of fused-ring (bicyclic) bond motifs is 1. The van der Waals surface area contributed by atoms with E-state index >= 15 is 0 Å². The topological polar surface area (TPSA) is 91.3 Å². The molecule has 51 heavy (non-hydrogen) atoms. The predicted molar refractivity (Wildman–Crippen MR) is 190 cm³/mol. The second-order valence-electron chi connectivity index (χ2n) is 13.4. The van der Waals surface area contributed by atoms with Crippen LogP contribution in [0.25, 0.3) is 0 Å². The fourth-order valence-corrected chi connectivity index (χ4v) is 6.18. The lowest BCUT2D eigenvalue weighted by Gasteiger charge is -2.38. The van der Waals surface area contributed by atoms with Gasteiger partial charge in [-0.25, -0.2) is 0 Å². The summed E-state index contributed by atoms with van der Waals surface area (Å²) in [5, 5.41) is 12.8. The van der Waals surface area contributed by atoms with Gasteiger partial charge in [-0.2, -0.15) is 13.2 Å². The molecule has 11 heteroatoms. The molecule has 5 rings (SSSR count). The minimum absolute atomic E-state index is 0.164. The van der Waals surface area contributed by atoms with Crippen molar-refractivity contribution in [2.24, 2.45) is 5.92 Å². The van der Waals surface area contributed by atoms with E-state index in [4.69, 9.17) is 9.47 Å². The molecule has 0 saturated carbocycles. The van der Waals surface area contributed by atoms with Crippen LogP contribution in [0.15, 0.2) is 84.9 Å². The van der Waals surface area contributed by atoms with Gasteiger partial charge in [0, 0.05) is 25.6 Å². The van der Waals surface area contributed by atoms with Crippen molar-refractivity contribution in [2.45, 2.75) is 59.0 Å². The molecule has 0 aromatic heterocycles. The number of aryl methyl sites for hydroxylation is 2. The van der Waals surface area contributed by atoms with Crippen molar-refractivity contribution in [3.05, 3.63) is 118 Å². The molecule has 8 nitrogen and oxygen atoms in total. The molecule has 0 fully saturated rings. The van der Waals surface area contributed by atoms with Crippen LogP contribution in [-0.4, -0.2) is 65.6 Å². The molecule has 2 N–H and O–H groups in total. The van der Waals surface area contributed by atoms with Gasteiger partial charge in [-0.15, -0.1) is 0 Å². The van der Waals surface area contributed by atoms with E-state index < -0.39 is 29.8 Å². The standard InChI is InChI=1S/C40H44F3N3O5/c1-25-8-6-9-26(2)37(25)50-32-18-14-30(15-19-32)22-45(5)23-35-27(3)21-46(28(4)24-47)39(49)33-10-7-11-34(38(33)51-35)44-36(48)20-29-12-16-31(17-13-29)40(41,42)43/h6-19,27-28,35,47H,20-24H2,1-5H3,(H,44,48)/t27-,28+,35-/m1/s1. The molecule has 4 aromatic carbocycles. The Balaban J connectivity index is 1.34. The van der Waals surface area contributed by atoms with Crippen molar-refractivity contribution < 1.29 is 37.3 Å². The quantitative estimate of drug-likeness (QED) is 0.167. The molecule has 0 unspecified atom stereocenters. The number of amides is 2. The van der Waals surface area contributed by atoms with E-state index in [9.17, 15) is 27.9 Å². The summed E-state index contributed by atoms with van der Waals surface area (Å²) in [6, 6.07) is 22.8. The first-order valence-electron chi connectivity index (χ1n) is 16.9. The number of benzene rings is 4. The monoisotopic (exact) mass is 703 g/mol. The van der Waals surface area contributed by atoms with Crippen LogP contribution in [0.1, 0.15) is 52.0 Å². The molecule has 0 radical (unpaired) electrons. The Kier molecular flexibility index (Phi) is 11.7. The SMILES string of the molecule is Cc1cccc(C)c1Oc1ccc(CN(C)C[C@H]2Oc3c(NC(=O)Cc4ccc(C(F)(F)F)cc4)cccc3C(=O)N([C@@H](C)CO)C[C@H]2C)cc1. The Labute approximate surface area is 296 Å². The molecular weight excluding hydrogens is 659 g/mol. The Hall–Kier alpha value is -4.87. The van der Waals surface area contributed by atoms with Crippen molar-refractivity contribution in [2.75, 3.05) is 32.1 Å². The highest BCUT2D eigenvalue weighted by molar-refractivity contribution is 6.02. The maximum absolute atomic E-state index is 13.8. The van der Waals surface area contributed by atoms with Crippen LogP contribution in [0.2, 0.25) is 0 Å². The van der Waals surface area contributed by atoms with Gasteiger partial charge < -0.3 is 24.8 Å². The number of para-hydroxylation sites is 2. The van der Waals surface area contributed by atoms with Gasteiger partial charge in [0.05, 0.1) is 35.9 Å². The van der Waals surface area contributed by atoms with Gasteiger partial charge in [0.1, 0.15) is 17.6 Å². The summed E-state index contributed by atoms with van der Waals surface area (Å²) in [4.78, 5) is 30.7. The maximum Gasteiger partial charge on any atom is 0.416 e. The smallest absolute Gasteiger partial charge is 0.416 e. The van der Waals surface area contributed by atoms with Crippen molar-refractivity contribution in [3.8, 4) is 17.2 Å². The number of aliphatic hydroxyl groups is 1. The van der Waals surface area contributed by atoms with Crippen molar-refractivity contribution in [1.29, 1.82) is 0 Å². The van der Waals surface area contributed by atoms with E-state index in [1.54, 1.807) is 30.0 Å². The van der Waals surface area contributed by atoms with Crippen LogP contribution in [-0.2, 0) is 23.9 Å². The number of hydrogen-bond acceptors (Lipinski definition) is 6. The first kappa shape index (κ1) is 37.4. The second kappa shape index (κ2) is 16.0. The lowest BCUT2D eigenvalue weighted by atomic mass is 9.98. The van der Waals surface area contributed by atoms with E-state index in [-0.39, 0.29) is 41.9 Å². The van der Waals surface area contributed by atoms with E-state index in [1.807, 2.05) is 70.3 Å². The zero-order valence-electron chi connectivity index (χ0n) is 29.5. The zero-order chi connectivity index (χ0) is 36.9. The van der Waals surface area contributed by atoms with Gasteiger partial charge in [-0.05, 0) is 86.5 Å². The van der Waals surface area contributed by atoms with Gasteiger partial charge in [-0.3, -0.25) is 14.5 Å². The number of nitrogens with zero attached hydrogens (tertiary/aromatic N) is 2. The van der Waals surface area contributed by atoms with Crippen molar-refractivity contribution in [1.82, 2.24) is 9.80 Å². The van der Waals surface area contributed by atoms with Gasteiger partial charge in [0.15, 0.2) is 5.75 Å². The molecule has 0 aliphatic carbocycles. The highest BCUT2D eigenvalue weighted by Gasteiger charge is 2.35. The summed E-state index contributed by atoms with van der Waals surface area (Å²) in [7, 11) is 1.98. The summed E-state index contributed by atoms with van der Waals surface area (Å²) >= 11 is 0. The van der Waals surface area contributed by atoms with Gasteiger partial charge in [-0.1, -0.05) is 55.5 Å². The predicted octanol–water partition coefficient (Wildman–Crippen LogP) is 7.65. The highest BCUT2D eigenvalue weighted by atomic mass is 19.4. The van der Waals surface area contributed by atoms with Crippen LogP contribution < -0.4 is 14.8 Å². The number of alkyl halides is 3. The Morgan fingerprint density at radius 1 is 1.00 bits per heavy atom. The molecule has 270 valence electrons. The van der Waals surface area contributed by atoms with Gasteiger partial charge >= 0.3 is 6.18 Å². The third kappa shape index (κ3) is 9.28. The molecule has 0 saturated heterocycles. The summed E-state index contributed by atoms with van der Waals surface area (Å²) < 4.78 is 51.9. The summed E-state index contributed by atoms with van der Waals surface area (Å²) in [5.74, 6) is 0.805. The van der Waals surface area contributed by atoms with Gasteiger partial charge in [0.2, 0.25) is 5.91 Å². The Morgan fingerprint density at radius 2 is 1.63 bits per heavy atom. The summed E-state index contributed by atoms with van der Waals surface area (Å²) in [6.45, 7) is 8.98. The molecule has 2 amide bonds. The molecule has 1 heterocycles. The van der Waals surface area contributed by atoms with Crippen LogP contribution in [0.5, 0.6) is 17.2 Å². The first-order chi connectivity index (χ1) is 24.2. The number of ether oxygens (including phenoxy) is 2. The maximum atomic E-state index is 13.8. The first-order valence-corrected chi connectivity index (χ1v) is 16.9. The number of carbonyl (C=O) groups excluding carboxylic acids is 2. The van der Waals surface area contributed by atoms with Crippen LogP contribution in [0.4, 0.5) is 18.9 Å². The molecule has 3 atom stereocenters. The number of aliphatic hydroxyl groups excluding tert-OH is 1. The normalized spacial score (nSPS) is 16.9. The van der Waals surface area contributed by atoms with E-state index in [1.165, 1.54) is 12.1 Å². The Bertz CT molecular complexity index is 1810. The molecular formula is C40H44F3N3O5. The lowest BCUT2D eigenvalue weighted by molar-refractivity contribution is -0.137. The highest BCUT2D eigenvalue weighted by Crippen LogP contribution is 2.36. The second-order valence-corrected chi connectivity index (χ2v) is 13.4. The number of nitrogens with one attached hydrogen (secondary N) is 1. The largest absolute Gasteiger partial charge is 0.486 e. The third-order valence-corrected chi connectivity index (χ3v) is 9.11. The van der Waals surface area contributed by atoms with Crippen molar-refractivity contribution in [3.63, 3.8) is 0 Å². The molecule has 0 bridgehead atoms. The van der Waals surface area contributed by atoms with E-state index in [2.05, 4.69) is 10.2 Å². The molecule has 4 aromatic rings. The van der Waals surface area contributed by atoms with Gasteiger partial charge in [0.25, 0.3) is 5.91 Å². The molecule has 0 spiro atoms. The average Bonchev–Trinajstić information content (AvgIpc) is 3.08. The van der Waals surface area contributed by atoms with Crippen molar-refractivity contribution >= 4 is 17.5 Å². The summed E-state index contributed by atoms with van der Waals surface area (Å²) in [6.07, 6.45) is -5.08. The third-order valence-electron chi connectivity index (χ3n) is 9.11.